The normalized spacial score (nSPS) is 13.4. The molecule has 25 heavy (non-hydrogen) atoms. The van der Waals surface area contributed by atoms with Crippen LogP contribution >= 0.6 is 0 Å². The molecule has 2 aromatic carbocycles. The molecule has 0 aliphatic heterocycles. The summed E-state index contributed by atoms with van der Waals surface area (Å²) in [6.07, 6.45) is 0.420. The summed E-state index contributed by atoms with van der Waals surface area (Å²) in [5.74, 6) is -1.81. The van der Waals surface area contributed by atoms with Gasteiger partial charge in [-0.2, -0.15) is 0 Å². The number of aliphatic hydroxyl groups excluding tert-OH is 1. The van der Waals surface area contributed by atoms with E-state index in [-0.39, 0.29) is 10.9 Å². The summed E-state index contributed by atoms with van der Waals surface area (Å²) in [7, 11) is 0. The second-order valence-corrected chi connectivity index (χ2v) is 5.76. The zero-order chi connectivity index (χ0) is 18.0. The quantitative estimate of drug-likeness (QED) is 0.764. The van der Waals surface area contributed by atoms with Gasteiger partial charge in [0.2, 0.25) is 0 Å². The second-order valence-electron chi connectivity index (χ2n) is 5.76. The van der Waals surface area contributed by atoms with Crippen molar-refractivity contribution >= 4 is 16.8 Å². The van der Waals surface area contributed by atoms with E-state index in [1.54, 1.807) is 37.4 Å². The second kappa shape index (κ2) is 6.94. The van der Waals surface area contributed by atoms with Gasteiger partial charge in [-0.3, -0.25) is 9.78 Å². The number of benzene rings is 2. The van der Waals surface area contributed by atoms with Crippen LogP contribution in [0.2, 0.25) is 0 Å². The lowest BCUT2D eigenvalue weighted by atomic mass is 10.0. The summed E-state index contributed by atoms with van der Waals surface area (Å²) < 4.78 is 27.8. The third-order valence-electron chi connectivity index (χ3n) is 3.99. The zero-order valence-corrected chi connectivity index (χ0v) is 13.4. The molecule has 4 nitrogen and oxygen atoms in total. The van der Waals surface area contributed by atoms with Gasteiger partial charge in [-0.25, -0.2) is 8.78 Å². The predicted octanol–water partition coefficient (Wildman–Crippen LogP) is 3.36. The van der Waals surface area contributed by atoms with Crippen molar-refractivity contribution in [3.05, 3.63) is 77.5 Å². The molecule has 2 unspecified atom stereocenters. The van der Waals surface area contributed by atoms with Crippen LogP contribution < -0.4 is 5.32 Å². The van der Waals surface area contributed by atoms with Crippen LogP contribution in [0.15, 0.2) is 54.7 Å². The lowest BCUT2D eigenvalue weighted by Gasteiger charge is -2.21. The summed E-state index contributed by atoms with van der Waals surface area (Å²) >= 11 is 0. The molecule has 3 aromatic rings. The molecule has 0 saturated carbocycles. The number of hydrogen-bond acceptors (Lipinski definition) is 3. The molecular weight excluding hydrogens is 326 g/mol. The number of hydrogen-bond donors (Lipinski definition) is 2. The Morgan fingerprint density at radius 3 is 2.72 bits per heavy atom. The number of aromatic nitrogens is 1. The van der Waals surface area contributed by atoms with Crippen LogP contribution in [0.1, 0.15) is 28.9 Å². The first-order chi connectivity index (χ1) is 12.0. The van der Waals surface area contributed by atoms with Gasteiger partial charge in [0, 0.05) is 11.6 Å². The molecule has 1 aromatic heterocycles. The fourth-order valence-corrected chi connectivity index (χ4v) is 2.63. The Morgan fingerprint density at radius 2 is 1.96 bits per heavy atom. The summed E-state index contributed by atoms with van der Waals surface area (Å²) in [6.45, 7) is 1.56. The largest absolute Gasteiger partial charge is 0.386 e. The molecule has 0 fully saturated rings. The maximum absolute atomic E-state index is 14.5. The number of aliphatic hydroxyl groups is 1. The van der Waals surface area contributed by atoms with Gasteiger partial charge in [0.15, 0.2) is 0 Å². The van der Waals surface area contributed by atoms with E-state index in [2.05, 4.69) is 10.3 Å². The summed E-state index contributed by atoms with van der Waals surface area (Å²) in [5, 5.41) is 13.1. The van der Waals surface area contributed by atoms with E-state index in [0.717, 1.165) is 0 Å². The van der Waals surface area contributed by atoms with Crippen molar-refractivity contribution in [2.75, 3.05) is 0 Å². The molecule has 128 valence electrons. The van der Waals surface area contributed by atoms with E-state index in [1.165, 1.54) is 24.3 Å². The minimum atomic E-state index is -1.12. The lowest BCUT2D eigenvalue weighted by Crippen LogP contribution is -2.37. The Bertz CT molecular complexity index is 930. The van der Waals surface area contributed by atoms with Crippen LogP contribution in [0.3, 0.4) is 0 Å². The van der Waals surface area contributed by atoms with Gasteiger partial charge in [-0.15, -0.1) is 0 Å². The lowest BCUT2D eigenvalue weighted by molar-refractivity contribution is 0.0848. The van der Waals surface area contributed by atoms with Crippen molar-refractivity contribution in [1.29, 1.82) is 0 Å². The molecule has 0 aliphatic carbocycles. The molecule has 1 amide bonds. The minimum Gasteiger partial charge on any atom is -0.386 e. The van der Waals surface area contributed by atoms with Gasteiger partial charge >= 0.3 is 0 Å². The molecular formula is C19H16F2N2O2. The summed E-state index contributed by atoms with van der Waals surface area (Å²) in [5.41, 5.74) is 0.638. The summed E-state index contributed by atoms with van der Waals surface area (Å²) in [4.78, 5) is 16.4. The number of carbonyl (C=O) groups excluding carboxylic acids is 1. The average Bonchev–Trinajstić information content (AvgIpc) is 2.61. The standard InChI is InChI=1S/C19H16F2N2O2/c1-11(18(24)12-4-2-5-13(20)10-12)23-19(25)15-7-8-16-14(17(15)21)6-3-9-22-16/h2-11,18,24H,1H3,(H,23,25). The van der Waals surface area contributed by atoms with Crippen LogP contribution in [0.5, 0.6) is 0 Å². The number of fused-ring (bicyclic) bond motifs is 1. The average molecular weight is 342 g/mol. The van der Waals surface area contributed by atoms with Crippen molar-refractivity contribution in [3.8, 4) is 0 Å². The maximum atomic E-state index is 14.5. The Labute approximate surface area is 143 Å². The molecule has 0 bridgehead atoms. The minimum absolute atomic E-state index is 0.140. The highest BCUT2D eigenvalue weighted by molar-refractivity contribution is 5.98. The molecule has 2 atom stereocenters. The molecule has 0 spiro atoms. The van der Waals surface area contributed by atoms with Crippen molar-refractivity contribution < 1.29 is 18.7 Å². The first kappa shape index (κ1) is 17.0. The number of rotatable bonds is 4. The van der Waals surface area contributed by atoms with Crippen LogP contribution in [-0.4, -0.2) is 22.0 Å². The van der Waals surface area contributed by atoms with Gasteiger partial charge in [0.05, 0.1) is 23.2 Å². The van der Waals surface area contributed by atoms with E-state index < -0.39 is 29.7 Å². The van der Waals surface area contributed by atoms with Gasteiger partial charge in [-0.05, 0) is 48.9 Å². The van der Waals surface area contributed by atoms with E-state index in [4.69, 9.17) is 0 Å². The molecule has 0 saturated heterocycles. The SMILES string of the molecule is CC(NC(=O)c1ccc2ncccc2c1F)C(O)c1cccc(F)c1. The maximum Gasteiger partial charge on any atom is 0.254 e. The number of nitrogens with zero attached hydrogens (tertiary/aromatic N) is 1. The molecule has 2 N–H and O–H groups in total. The molecule has 0 aliphatic rings. The van der Waals surface area contributed by atoms with Gasteiger partial charge in [-0.1, -0.05) is 12.1 Å². The first-order valence-electron chi connectivity index (χ1n) is 7.75. The van der Waals surface area contributed by atoms with Crippen LogP contribution in [0.4, 0.5) is 8.78 Å². The third kappa shape index (κ3) is 3.49. The van der Waals surface area contributed by atoms with Gasteiger partial charge in [0.25, 0.3) is 5.91 Å². The Kier molecular flexibility index (Phi) is 4.72. The number of amides is 1. The Morgan fingerprint density at radius 1 is 1.16 bits per heavy atom. The van der Waals surface area contributed by atoms with Crippen molar-refractivity contribution in [2.45, 2.75) is 19.1 Å². The molecule has 6 heteroatoms. The van der Waals surface area contributed by atoms with Gasteiger partial charge in [0.1, 0.15) is 11.6 Å². The van der Waals surface area contributed by atoms with E-state index >= 15 is 0 Å². The zero-order valence-electron chi connectivity index (χ0n) is 13.4. The number of nitrogens with one attached hydrogen (secondary N) is 1. The third-order valence-corrected chi connectivity index (χ3v) is 3.99. The van der Waals surface area contributed by atoms with Gasteiger partial charge < -0.3 is 10.4 Å². The molecule has 1 heterocycles. The fourth-order valence-electron chi connectivity index (χ4n) is 2.63. The molecule has 3 rings (SSSR count). The smallest absolute Gasteiger partial charge is 0.254 e. The summed E-state index contributed by atoms with van der Waals surface area (Å²) in [6, 6.07) is 10.8. The number of carbonyl (C=O) groups is 1. The van der Waals surface area contributed by atoms with Crippen LogP contribution in [0, 0.1) is 11.6 Å². The fraction of sp³-hybridized carbons (Fsp3) is 0.158. The predicted molar refractivity (Wildman–Crippen MR) is 90.0 cm³/mol. The Hall–Kier alpha value is -2.86. The van der Waals surface area contributed by atoms with Crippen molar-refractivity contribution in [3.63, 3.8) is 0 Å². The van der Waals surface area contributed by atoms with E-state index in [9.17, 15) is 18.7 Å². The first-order valence-corrected chi connectivity index (χ1v) is 7.75. The van der Waals surface area contributed by atoms with E-state index in [1.807, 2.05) is 0 Å². The molecule has 0 radical (unpaired) electrons. The van der Waals surface area contributed by atoms with Crippen LogP contribution in [-0.2, 0) is 0 Å². The van der Waals surface area contributed by atoms with Crippen molar-refractivity contribution in [2.24, 2.45) is 0 Å². The highest BCUT2D eigenvalue weighted by atomic mass is 19.1. The highest BCUT2D eigenvalue weighted by Gasteiger charge is 2.22. The highest BCUT2D eigenvalue weighted by Crippen LogP contribution is 2.21. The van der Waals surface area contributed by atoms with Crippen LogP contribution in [0.25, 0.3) is 10.9 Å². The number of pyridine rings is 1. The van der Waals surface area contributed by atoms with E-state index in [0.29, 0.717) is 11.1 Å². The van der Waals surface area contributed by atoms with Crippen molar-refractivity contribution in [1.82, 2.24) is 10.3 Å². The number of halogens is 2. The Balaban J connectivity index is 1.81. The monoisotopic (exact) mass is 342 g/mol. The topological polar surface area (TPSA) is 62.2 Å².